The van der Waals surface area contributed by atoms with Crippen LogP contribution in [0.5, 0.6) is 0 Å². The Morgan fingerprint density at radius 3 is 2.71 bits per heavy atom. The Hall–Kier alpha value is -3.02. The fraction of sp³-hybridized carbons (Fsp3) is 0.0667. The molecule has 3 rings (SSSR count). The smallest absolute Gasteiger partial charge is 0.371 e. The van der Waals surface area contributed by atoms with E-state index < -0.39 is 5.97 Å². The van der Waals surface area contributed by atoms with E-state index in [-0.39, 0.29) is 18.2 Å². The van der Waals surface area contributed by atoms with Crippen LogP contribution >= 0.6 is 0 Å². The number of aromatic nitrogens is 1. The van der Waals surface area contributed by atoms with Gasteiger partial charge < -0.3 is 19.8 Å². The van der Waals surface area contributed by atoms with Crippen molar-refractivity contribution in [3.05, 3.63) is 59.7 Å². The van der Waals surface area contributed by atoms with Crippen molar-refractivity contribution in [2.45, 2.75) is 6.54 Å². The summed E-state index contributed by atoms with van der Waals surface area (Å²) in [5.41, 5.74) is 1.33. The van der Waals surface area contributed by atoms with Crippen molar-refractivity contribution in [1.29, 1.82) is 0 Å². The van der Waals surface area contributed by atoms with Gasteiger partial charge in [0.15, 0.2) is 0 Å². The highest BCUT2D eigenvalue weighted by Gasteiger charge is 2.12. The van der Waals surface area contributed by atoms with E-state index in [0.717, 1.165) is 10.9 Å². The number of para-hydroxylation sites is 1. The third-order valence-corrected chi connectivity index (χ3v) is 3.07. The second kappa shape index (κ2) is 5.16. The predicted molar refractivity (Wildman–Crippen MR) is 75.1 cm³/mol. The van der Waals surface area contributed by atoms with Gasteiger partial charge in [-0.25, -0.2) is 4.79 Å². The molecule has 2 heterocycles. The minimum atomic E-state index is -1.14. The molecule has 0 atom stereocenters. The van der Waals surface area contributed by atoms with Crippen molar-refractivity contribution in [2.75, 3.05) is 0 Å². The van der Waals surface area contributed by atoms with Crippen LogP contribution in [0.3, 0.4) is 0 Å². The second-order valence-electron chi connectivity index (χ2n) is 4.52. The molecule has 1 amide bonds. The van der Waals surface area contributed by atoms with Crippen LogP contribution in [-0.2, 0) is 6.54 Å². The summed E-state index contributed by atoms with van der Waals surface area (Å²) in [6.07, 6.45) is 0. The highest BCUT2D eigenvalue weighted by molar-refractivity contribution is 5.97. The third kappa shape index (κ3) is 2.64. The first-order valence-electron chi connectivity index (χ1n) is 6.31. The van der Waals surface area contributed by atoms with Gasteiger partial charge in [-0.15, -0.1) is 0 Å². The van der Waals surface area contributed by atoms with E-state index in [1.807, 2.05) is 24.3 Å². The van der Waals surface area contributed by atoms with Crippen molar-refractivity contribution in [3.63, 3.8) is 0 Å². The lowest BCUT2D eigenvalue weighted by Gasteiger charge is -2.00. The van der Waals surface area contributed by atoms with Crippen molar-refractivity contribution in [3.8, 4) is 0 Å². The van der Waals surface area contributed by atoms with Crippen LogP contribution in [-0.4, -0.2) is 22.0 Å². The molecule has 6 heteroatoms. The number of carbonyl (C=O) groups excluding carboxylic acids is 1. The maximum atomic E-state index is 12.0. The normalized spacial score (nSPS) is 10.7. The first-order chi connectivity index (χ1) is 10.1. The number of hydrogen-bond donors (Lipinski definition) is 3. The average molecular weight is 284 g/mol. The second-order valence-corrected chi connectivity index (χ2v) is 4.52. The number of rotatable bonds is 4. The van der Waals surface area contributed by atoms with Gasteiger partial charge in [0.25, 0.3) is 5.91 Å². The quantitative estimate of drug-likeness (QED) is 0.685. The zero-order valence-electron chi connectivity index (χ0n) is 10.9. The van der Waals surface area contributed by atoms with Crippen LogP contribution in [0.1, 0.15) is 26.8 Å². The van der Waals surface area contributed by atoms with Crippen molar-refractivity contribution in [2.24, 2.45) is 0 Å². The molecule has 1 aromatic carbocycles. The molecule has 3 N–H and O–H groups in total. The summed E-state index contributed by atoms with van der Waals surface area (Å²) >= 11 is 0. The number of nitrogens with one attached hydrogen (secondary N) is 2. The Labute approximate surface area is 119 Å². The maximum absolute atomic E-state index is 12.0. The number of aromatic carboxylic acids is 1. The molecule has 3 aromatic rings. The minimum Gasteiger partial charge on any atom is -0.475 e. The summed E-state index contributed by atoms with van der Waals surface area (Å²) in [6.45, 7) is 0.126. The molecule has 0 aliphatic carbocycles. The lowest BCUT2D eigenvalue weighted by molar-refractivity contribution is 0.0660. The molecule has 2 aromatic heterocycles. The molecule has 6 nitrogen and oxygen atoms in total. The Morgan fingerprint density at radius 2 is 2.00 bits per heavy atom. The van der Waals surface area contributed by atoms with Gasteiger partial charge in [0.05, 0.1) is 6.54 Å². The fourth-order valence-corrected chi connectivity index (χ4v) is 2.05. The van der Waals surface area contributed by atoms with Crippen molar-refractivity contribution >= 4 is 22.8 Å². The summed E-state index contributed by atoms with van der Waals surface area (Å²) in [5.74, 6) is -1.18. The topological polar surface area (TPSA) is 95.3 Å². The standard InChI is InChI=1S/C15H12N2O4/c18-14(12-7-9-3-1-2-4-11(9)17-12)16-8-10-5-6-13(21-10)15(19)20/h1-7,17H,8H2,(H,16,18)(H,19,20). The molecular formula is C15H12N2O4. The Kier molecular flexibility index (Phi) is 3.19. The van der Waals surface area contributed by atoms with Gasteiger partial charge in [-0.05, 0) is 24.3 Å². The number of carboxylic acid groups (broad SMARTS) is 1. The SMILES string of the molecule is O=C(NCc1ccc(C(=O)O)o1)c1cc2ccccc2[nH]1. The lowest BCUT2D eigenvalue weighted by Crippen LogP contribution is -2.22. The first-order valence-corrected chi connectivity index (χ1v) is 6.31. The number of fused-ring (bicyclic) bond motifs is 1. The number of furan rings is 1. The summed E-state index contributed by atoms with van der Waals surface area (Å²) in [7, 11) is 0. The van der Waals surface area contributed by atoms with Crippen LogP contribution in [0.15, 0.2) is 46.9 Å². The summed E-state index contributed by atoms with van der Waals surface area (Å²) in [4.78, 5) is 25.7. The Morgan fingerprint density at radius 1 is 1.19 bits per heavy atom. The minimum absolute atomic E-state index is 0.126. The van der Waals surface area contributed by atoms with E-state index in [1.54, 1.807) is 6.07 Å². The molecular weight excluding hydrogens is 272 g/mol. The molecule has 0 saturated heterocycles. The molecule has 0 radical (unpaired) electrons. The molecule has 0 spiro atoms. The van der Waals surface area contributed by atoms with Gasteiger partial charge in [0.1, 0.15) is 11.5 Å². The predicted octanol–water partition coefficient (Wildman–Crippen LogP) is 2.39. The van der Waals surface area contributed by atoms with Crippen molar-refractivity contribution in [1.82, 2.24) is 10.3 Å². The number of amides is 1. The molecule has 0 saturated carbocycles. The number of hydrogen-bond acceptors (Lipinski definition) is 3. The van der Waals surface area contributed by atoms with Crippen LogP contribution in [0.25, 0.3) is 10.9 Å². The number of benzene rings is 1. The summed E-state index contributed by atoms with van der Waals surface area (Å²) in [5, 5.41) is 12.4. The highest BCUT2D eigenvalue weighted by Crippen LogP contribution is 2.14. The molecule has 106 valence electrons. The molecule has 0 aliphatic rings. The Balaban J connectivity index is 1.69. The molecule has 0 fully saturated rings. The van der Waals surface area contributed by atoms with E-state index in [0.29, 0.717) is 11.5 Å². The van der Waals surface area contributed by atoms with Crippen LogP contribution < -0.4 is 5.32 Å². The van der Waals surface area contributed by atoms with Crippen molar-refractivity contribution < 1.29 is 19.1 Å². The molecule has 0 bridgehead atoms. The van der Waals surface area contributed by atoms with E-state index in [2.05, 4.69) is 10.3 Å². The van der Waals surface area contributed by atoms with Gasteiger partial charge in [0, 0.05) is 10.9 Å². The van der Waals surface area contributed by atoms with Gasteiger partial charge in [-0.1, -0.05) is 18.2 Å². The highest BCUT2D eigenvalue weighted by atomic mass is 16.4. The van der Waals surface area contributed by atoms with Gasteiger partial charge in [-0.2, -0.15) is 0 Å². The Bertz CT molecular complexity index is 783. The van der Waals surface area contributed by atoms with E-state index in [9.17, 15) is 9.59 Å². The van der Waals surface area contributed by atoms with E-state index in [1.165, 1.54) is 12.1 Å². The van der Waals surface area contributed by atoms with E-state index >= 15 is 0 Å². The largest absolute Gasteiger partial charge is 0.475 e. The van der Waals surface area contributed by atoms with Crippen LogP contribution in [0.2, 0.25) is 0 Å². The van der Waals surface area contributed by atoms with Gasteiger partial charge in [0.2, 0.25) is 5.76 Å². The van der Waals surface area contributed by atoms with Crippen LogP contribution in [0, 0.1) is 0 Å². The summed E-state index contributed by atoms with van der Waals surface area (Å²) in [6, 6.07) is 12.2. The molecule has 21 heavy (non-hydrogen) atoms. The zero-order valence-corrected chi connectivity index (χ0v) is 10.9. The fourth-order valence-electron chi connectivity index (χ4n) is 2.05. The van der Waals surface area contributed by atoms with Crippen LogP contribution in [0.4, 0.5) is 0 Å². The summed E-state index contributed by atoms with van der Waals surface area (Å²) < 4.78 is 5.07. The third-order valence-electron chi connectivity index (χ3n) is 3.07. The van der Waals surface area contributed by atoms with Gasteiger partial charge in [-0.3, -0.25) is 4.79 Å². The molecule has 0 aliphatic heterocycles. The molecule has 0 unspecified atom stereocenters. The van der Waals surface area contributed by atoms with E-state index in [4.69, 9.17) is 9.52 Å². The number of carbonyl (C=O) groups is 2. The van der Waals surface area contributed by atoms with Gasteiger partial charge >= 0.3 is 5.97 Å². The number of H-pyrrole nitrogens is 1. The monoisotopic (exact) mass is 284 g/mol. The maximum Gasteiger partial charge on any atom is 0.371 e. The number of aromatic amines is 1. The lowest BCUT2D eigenvalue weighted by atomic mass is 10.2. The zero-order chi connectivity index (χ0) is 14.8. The first kappa shape index (κ1) is 13.0. The number of carboxylic acids is 1. The average Bonchev–Trinajstić information content (AvgIpc) is 3.11.